The fraction of sp³-hybridized carbons (Fsp3) is 0.250. The molecule has 0 spiro atoms. The first-order chi connectivity index (χ1) is 14.6. The third-order valence-electron chi connectivity index (χ3n) is 4.55. The van der Waals surface area contributed by atoms with Crippen molar-refractivity contribution in [2.45, 2.75) is 18.9 Å². The van der Waals surface area contributed by atoms with Gasteiger partial charge in [-0.25, -0.2) is 0 Å². The minimum Gasteiger partial charge on any atom is -0.461 e. The third-order valence-corrected chi connectivity index (χ3v) is 5.56. The number of anilines is 1. The standard InChI is InChI=1S/C20H17N5O4S/c21-10-13-3-5-14(6-4-13)22-20(27)15-11-30-12-25(15)18(26)8-7-17-23-19(24-29-17)16-2-1-9-28-16/h1-6,9,15H,7-8,11-12H2,(H,22,27). The molecule has 152 valence electrons. The number of aryl methyl sites for hydroxylation is 1. The lowest BCUT2D eigenvalue weighted by molar-refractivity contribution is -0.136. The van der Waals surface area contributed by atoms with Crippen LogP contribution in [-0.4, -0.2) is 44.5 Å². The van der Waals surface area contributed by atoms with Gasteiger partial charge in [0.1, 0.15) is 6.04 Å². The molecule has 0 aliphatic carbocycles. The molecular weight excluding hydrogens is 406 g/mol. The molecule has 10 heteroatoms. The molecule has 0 bridgehead atoms. The van der Waals surface area contributed by atoms with Crippen LogP contribution < -0.4 is 5.32 Å². The Morgan fingerprint density at radius 3 is 2.87 bits per heavy atom. The molecule has 9 nitrogen and oxygen atoms in total. The number of furan rings is 1. The van der Waals surface area contributed by atoms with Gasteiger partial charge in [0, 0.05) is 24.3 Å². The quantitative estimate of drug-likeness (QED) is 0.641. The monoisotopic (exact) mass is 423 g/mol. The van der Waals surface area contributed by atoms with Crippen molar-refractivity contribution in [3.8, 4) is 17.7 Å². The molecule has 0 saturated carbocycles. The topological polar surface area (TPSA) is 125 Å². The van der Waals surface area contributed by atoms with Gasteiger partial charge < -0.3 is 19.2 Å². The van der Waals surface area contributed by atoms with Crippen molar-refractivity contribution in [2.24, 2.45) is 0 Å². The Morgan fingerprint density at radius 1 is 1.30 bits per heavy atom. The van der Waals surface area contributed by atoms with Gasteiger partial charge in [0.2, 0.25) is 23.5 Å². The first kappa shape index (κ1) is 19.7. The van der Waals surface area contributed by atoms with Gasteiger partial charge in [-0.2, -0.15) is 10.2 Å². The molecular formula is C20H17N5O4S. The number of carbonyl (C=O) groups excluding carboxylic acids is 2. The molecule has 1 N–H and O–H groups in total. The molecule has 2 amide bonds. The lowest BCUT2D eigenvalue weighted by Gasteiger charge is -2.23. The molecule has 1 aliphatic heterocycles. The van der Waals surface area contributed by atoms with E-state index in [2.05, 4.69) is 15.5 Å². The van der Waals surface area contributed by atoms with Crippen LogP contribution in [0.3, 0.4) is 0 Å². The second-order valence-electron chi connectivity index (χ2n) is 6.55. The van der Waals surface area contributed by atoms with Crippen LogP contribution in [0.1, 0.15) is 17.9 Å². The number of thioether (sulfide) groups is 1. The number of hydrogen-bond donors (Lipinski definition) is 1. The van der Waals surface area contributed by atoms with E-state index in [0.29, 0.717) is 40.4 Å². The molecule has 2 aromatic heterocycles. The summed E-state index contributed by atoms with van der Waals surface area (Å²) in [6.07, 6.45) is 1.95. The zero-order valence-electron chi connectivity index (χ0n) is 15.8. The van der Waals surface area contributed by atoms with Gasteiger partial charge in [0.25, 0.3) is 0 Å². The van der Waals surface area contributed by atoms with Gasteiger partial charge in [-0.15, -0.1) is 11.8 Å². The summed E-state index contributed by atoms with van der Waals surface area (Å²) >= 11 is 1.53. The number of nitrogens with one attached hydrogen (secondary N) is 1. The summed E-state index contributed by atoms with van der Waals surface area (Å²) < 4.78 is 10.4. The normalized spacial score (nSPS) is 15.7. The number of carbonyl (C=O) groups is 2. The molecule has 1 atom stereocenters. The fourth-order valence-electron chi connectivity index (χ4n) is 2.98. The molecule has 1 fully saturated rings. The van der Waals surface area contributed by atoms with E-state index >= 15 is 0 Å². The van der Waals surface area contributed by atoms with Crippen molar-refractivity contribution in [2.75, 3.05) is 16.9 Å². The predicted octanol–water partition coefficient (Wildman–Crippen LogP) is 2.67. The fourth-order valence-corrected chi connectivity index (χ4v) is 4.16. The van der Waals surface area contributed by atoms with Crippen LogP contribution in [0.25, 0.3) is 11.6 Å². The minimum atomic E-state index is -0.556. The summed E-state index contributed by atoms with van der Waals surface area (Å²) in [6, 6.07) is 11.5. The van der Waals surface area contributed by atoms with Gasteiger partial charge >= 0.3 is 0 Å². The van der Waals surface area contributed by atoms with Crippen LogP contribution in [0.4, 0.5) is 5.69 Å². The molecule has 1 aliphatic rings. The SMILES string of the molecule is N#Cc1ccc(NC(=O)C2CSCN2C(=O)CCc2nc(-c3ccco3)no2)cc1. The van der Waals surface area contributed by atoms with Crippen molar-refractivity contribution in [1.29, 1.82) is 5.26 Å². The van der Waals surface area contributed by atoms with Crippen LogP contribution in [0, 0.1) is 11.3 Å². The average molecular weight is 423 g/mol. The highest BCUT2D eigenvalue weighted by molar-refractivity contribution is 7.99. The predicted molar refractivity (Wildman–Crippen MR) is 108 cm³/mol. The molecule has 1 unspecified atom stereocenters. The summed E-state index contributed by atoms with van der Waals surface area (Å²) in [5.74, 6) is 1.72. The van der Waals surface area contributed by atoms with E-state index in [1.807, 2.05) is 6.07 Å². The van der Waals surface area contributed by atoms with Crippen LogP contribution in [-0.2, 0) is 16.0 Å². The van der Waals surface area contributed by atoms with E-state index in [1.54, 1.807) is 41.3 Å². The zero-order valence-corrected chi connectivity index (χ0v) is 16.6. The maximum atomic E-state index is 12.7. The highest BCUT2D eigenvalue weighted by atomic mass is 32.2. The molecule has 30 heavy (non-hydrogen) atoms. The van der Waals surface area contributed by atoms with Gasteiger partial charge in [0.05, 0.1) is 23.8 Å². The first-order valence-corrected chi connectivity index (χ1v) is 10.3. The molecule has 0 radical (unpaired) electrons. The Labute approximate surface area is 176 Å². The maximum absolute atomic E-state index is 12.7. The number of hydrogen-bond acceptors (Lipinski definition) is 8. The Kier molecular flexibility index (Phi) is 5.81. The second-order valence-corrected chi connectivity index (χ2v) is 7.55. The van der Waals surface area contributed by atoms with Crippen molar-refractivity contribution in [3.05, 3.63) is 54.1 Å². The average Bonchev–Trinajstić information content (AvgIpc) is 3.53. The van der Waals surface area contributed by atoms with E-state index in [9.17, 15) is 9.59 Å². The first-order valence-electron chi connectivity index (χ1n) is 9.19. The second kappa shape index (κ2) is 8.84. The molecule has 4 rings (SSSR count). The summed E-state index contributed by atoms with van der Waals surface area (Å²) in [7, 11) is 0. The van der Waals surface area contributed by atoms with E-state index in [4.69, 9.17) is 14.2 Å². The van der Waals surface area contributed by atoms with Gasteiger partial charge in [-0.05, 0) is 36.4 Å². The zero-order chi connectivity index (χ0) is 20.9. The lowest BCUT2D eigenvalue weighted by Crippen LogP contribution is -2.44. The number of benzene rings is 1. The van der Waals surface area contributed by atoms with Gasteiger partial charge in [-0.1, -0.05) is 5.16 Å². The van der Waals surface area contributed by atoms with E-state index in [0.717, 1.165) is 0 Å². The summed E-state index contributed by atoms with van der Waals surface area (Å²) in [6.45, 7) is 0. The molecule has 3 heterocycles. The number of rotatable bonds is 6. The smallest absolute Gasteiger partial charge is 0.248 e. The Hall–Kier alpha value is -3.58. The van der Waals surface area contributed by atoms with Gasteiger partial charge in [-0.3, -0.25) is 9.59 Å². The molecule has 1 aromatic carbocycles. The molecule has 1 saturated heterocycles. The number of nitriles is 1. The number of aromatic nitrogens is 2. The van der Waals surface area contributed by atoms with Crippen LogP contribution in [0.2, 0.25) is 0 Å². The Balaban J connectivity index is 1.33. The van der Waals surface area contributed by atoms with Crippen LogP contribution in [0.5, 0.6) is 0 Å². The summed E-state index contributed by atoms with van der Waals surface area (Å²) in [5, 5.41) is 15.5. The van der Waals surface area contributed by atoms with E-state index < -0.39 is 6.04 Å². The highest BCUT2D eigenvalue weighted by Crippen LogP contribution is 2.24. The van der Waals surface area contributed by atoms with Crippen LogP contribution in [0.15, 0.2) is 51.6 Å². The lowest BCUT2D eigenvalue weighted by atomic mass is 10.2. The Morgan fingerprint density at radius 2 is 2.13 bits per heavy atom. The molecule has 3 aromatic rings. The number of nitrogens with zero attached hydrogens (tertiary/aromatic N) is 4. The highest BCUT2D eigenvalue weighted by Gasteiger charge is 2.34. The number of amides is 2. The van der Waals surface area contributed by atoms with Gasteiger partial charge in [0.15, 0.2) is 5.76 Å². The minimum absolute atomic E-state index is 0.154. The van der Waals surface area contributed by atoms with Crippen molar-refractivity contribution in [1.82, 2.24) is 15.0 Å². The Bertz CT molecular complexity index is 1070. The summed E-state index contributed by atoms with van der Waals surface area (Å²) in [5.41, 5.74) is 1.09. The maximum Gasteiger partial charge on any atom is 0.248 e. The van der Waals surface area contributed by atoms with Crippen molar-refractivity contribution < 1.29 is 18.5 Å². The summed E-state index contributed by atoms with van der Waals surface area (Å²) in [4.78, 5) is 31.1. The van der Waals surface area contributed by atoms with E-state index in [1.165, 1.54) is 18.0 Å². The third kappa shape index (κ3) is 4.36. The van der Waals surface area contributed by atoms with Crippen molar-refractivity contribution in [3.63, 3.8) is 0 Å². The largest absolute Gasteiger partial charge is 0.461 e. The van der Waals surface area contributed by atoms with Crippen molar-refractivity contribution >= 4 is 29.3 Å². The van der Waals surface area contributed by atoms with Crippen LogP contribution >= 0.6 is 11.8 Å². The van der Waals surface area contributed by atoms with E-state index in [-0.39, 0.29) is 24.7 Å².